The Morgan fingerprint density at radius 2 is 1.75 bits per heavy atom. The van der Waals surface area contributed by atoms with Gasteiger partial charge in [-0.3, -0.25) is 9.59 Å². The molecular weight excluding hydrogens is 535 g/mol. The van der Waals surface area contributed by atoms with Crippen LogP contribution in [0.5, 0.6) is 0 Å². The molecule has 216 valence electrons. The summed E-state index contributed by atoms with van der Waals surface area (Å²) in [5.41, 5.74) is 1.01. The van der Waals surface area contributed by atoms with Crippen LogP contribution in [-0.2, 0) is 21.2 Å². The van der Waals surface area contributed by atoms with Gasteiger partial charge in [0.25, 0.3) is 0 Å². The van der Waals surface area contributed by atoms with Crippen molar-refractivity contribution in [3.63, 3.8) is 0 Å². The van der Waals surface area contributed by atoms with Gasteiger partial charge in [-0.05, 0) is 74.8 Å². The summed E-state index contributed by atoms with van der Waals surface area (Å²) in [7, 11) is -3.40. The smallest absolute Gasteiger partial charge is 0.319 e. The van der Waals surface area contributed by atoms with Crippen LogP contribution in [0.3, 0.4) is 0 Å². The molecule has 0 aromatic heterocycles. The van der Waals surface area contributed by atoms with Crippen molar-refractivity contribution in [3.05, 3.63) is 65.5 Å². The molecule has 0 bridgehead atoms. The van der Waals surface area contributed by atoms with Crippen molar-refractivity contribution in [3.8, 4) is 0 Å². The molecule has 2 saturated heterocycles. The zero-order valence-electron chi connectivity index (χ0n) is 23.0. The number of sulfonamides is 1. The van der Waals surface area contributed by atoms with Crippen LogP contribution >= 0.6 is 0 Å². The maximum absolute atomic E-state index is 13.6. The molecule has 2 aromatic carbocycles. The lowest BCUT2D eigenvalue weighted by atomic mass is 9.84. The first-order valence-electron chi connectivity index (χ1n) is 13.6. The van der Waals surface area contributed by atoms with E-state index in [9.17, 15) is 27.2 Å². The Hall–Kier alpha value is -3.31. The molecule has 3 amide bonds. The highest BCUT2D eigenvalue weighted by molar-refractivity contribution is 7.88. The molecule has 2 aliphatic rings. The average molecular weight is 573 g/mol. The van der Waals surface area contributed by atoms with Crippen molar-refractivity contribution in [1.29, 1.82) is 0 Å². The summed E-state index contributed by atoms with van der Waals surface area (Å²) in [6.45, 7) is 3.03. The summed E-state index contributed by atoms with van der Waals surface area (Å²) in [5.74, 6) is -0.246. The van der Waals surface area contributed by atoms with Gasteiger partial charge in [-0.15, -0.1) is 0 Å². The standard InChI is InChI=1S/C29H37FN4O5S/c1-21(35)24-6-3-7-26(18-24)31-28(37)32-29(12-15-34(16-13-29)40(2,38)39)19-27(36)33-14-4-5-23(20-33)17-22-8-10-25(30)11-9-22/h3,6-11,18,23H,4-5,12-17,19-20H2,1-2H3,(H2,31,32,37). The van der Waals surface area contributed by atoms with Crippen LogP contribution in [0, 0.1) is 11.7 Å². The van der Waals surface area contributed by atoms with Crippen LogP contribution < -0.4 is 10.6 Å². The van der Waals surface area contributed by atoms with Crippen LogP contribution in [0.2, 0.25) is 0 Å². The van der Waals surface area contributed by atoms with Gasteiger partial charge in [0, 0.05) is 37.4 Å². The van der Waals surface area contributed by atoms with E-state index in [1.807, 2.05) is 4.90 Å². The minimum Gasteiger partial charge on any atom is -0.342 e. The maximum atomic E-state index is 13.6. The Morgan fingerprint density at radius 1 is 1.05 bits per heavy atom. The molecule has 2 N–H and O–H groups in total. The highest BCUT2D eigenvalue weighted by atomic mass is 32.2. The van der Waals surface area contributed by atoms with E-state index in [0.717, 1.165) is 31.1 Å². The molecule has 4 rings (SSSR count). The molecule has 0 spiro atoms. The number of nitrogens with one attached hydrogen (secondary N) is 2. The van der Waals surface area contributed by atoms with E-state index < -0.39 is 21.6 Å². The SMILES string of the molecule is CC(=O)c1cccc(NC(=O)NC2(CC(=O)N3CCCC(Cc4ccc(F)cc4)C3)CCN(S(C)(=O)=O)CC2)c1. The number of Topliss-reactive ketones (excluding diaryl/α,β-unsaturated/α-hetero) is 1. The lowest BCUT2D eigenvalue weighted by molar-refractivity contribution is -0.134. The highest BCUT2D eigenvalue weighted by Crippen LogP contribution is 2.30. The van der Waals surface area contributed by atoms with Crippen molar-refractivity contribution in [2.24, 2.45) is 5.92 Å². The van der Waals surface area contributed by atoms with Crippen LogP contribution in [-0.4, -0.2) is 73.3 Å². The number of hydrogen-bond donors (Lipinski definition) is 2. The molecule has 0 radical (unpaired) electrons. The van der Waals surface area contributed by atoms with Gasteiger partial charge < -0.3 is 15.5 Å². The van der Waals surface area contributed by atoms with Crippen molar-refractivity contribution in [2.45, 2.75) is 51.0 Å². The first-order valence-corrected chi connectivity index (χ1v) is 15.4. The van der Waals surface area contributed by atoms with Gasteiger partial charge in [0.05, 0.1) is 18.2 Å². The minimum absolute atomic E-state index is 0.0504. The average Bonchev–Trinajstić information content (AvgIpc) is 2.90. The number of benzene rings is 2. The van der Waals surface area contributed by atoms with Crippen LogP contribution in [0.25, 0.3) is 0 Å². The summed E-state index contributed by atoms with van der Waals surface area (Å²) in [6, 6.07) is 12.5. The van der Waals surface area contributed by atoms with Gasteiger partial charge >= 0.3 is 6.03 Å². The van der Waals surface area contributed by atoms with Crippen LogP contribution in [0.1, 0.15) is 54.9 Å². The van der Waals surface area contributed by atoms with Crippen LogP contribution in [0.4, 0.5) is 14.9 Å². The zero-order valence-corrected chi connectivity index (χ0v) is 23.8. The number of carbonyl (C=O) groups excluding carboxylic acids is 3. The zero-order chi connectivity index (χ0) is 28.9. The van der Waals surface area contributed by atoms with E-state index in [4.69, 9.17) is 0 Å². The van der Waals surface area contributed by atoms with Gasteiger partial charge in [-0.2, -0.15) is 0 Å². The lowest BCUT2D eigenvalue weighted by Gasteiger charge is -2.42. The van der Waals surface area contributed by atoms with Crippen molar-refractivity contribution in [2.75, 3.05) is 37.8 Å². The molecule has 1 atom stereocenters. The molecule has 11 heteroatoms. The molecule has 2 aromatic rings. The summed E-state index contributed by atoms with van der Waals surface area (Å²) < 4.78 is 38.9. The fraction of sp³-hybridized carbons (Fsp3) is 0.483. The van der Waals surface area contributed by atoms with E-state index in [1.165, 1.54) is 23.4 Å². The quantitative estimate of drug-likeness (QED) is 0.467. The molecule has 2 heterocycles. The fourth-order valence-corrected chi connectivity index (χ4v) is 6.47. The number of amides is 3. The fourth-order valence-electron chi connectivity index (χ4n) is 5.62. The summed E-state index contributed by atoms with van der Waals surface area (Å²) in [4.78, 5) is 40.2. The van der Waals surface area contributed by atoms with E-state index >= 15 is 0 Å². The van der Waals surface area contributed by atoms with Crippen LogP contribution in [0.15, 0.2) is 48.5 Å². The monoisotopic (exact) mass is 572 g/mol. The summed E-state index contributed by atoms with van der Waals surface area (Å²) in [5, 5.41) is 5.74. The molecule has 0 aliphatic carbocycles. The number of carbonyl (C=O) groups is 3. The number of piperidine rings is 2. The number of halogens is 1. The highest BCUT2D eigenvalue weighted by Gasteiger charge is 2.41. The third-order valence-electron chi connectivity index (χ3n) is 7.85. The minimum atomic E-state index is -3.40. The van der Waals surface area contributed by atoms with Crippen molar-refractivity contribution >= 4 is 33.4 Å². The number of anilines is 1. The maximum Gasteiger partial charge on any atom is 0.319 e. The van der Waals surface area contributed by atoms with Gasteiger partial charge in [0.15, 0.2) is 5.78 Å². The van der Waals surface area contributed by atoms with Gasteiger partial charge in [-0.25, -0.2) is 21.9 Å². The van der Waals surface area contributed by atoms with Crippen molar-refractivity contribution in [1.82, 2.24) is 14.5 Å². The molecule has 9 nitrogen and oxygen atoms in total. The first-order chi connectivity index (χ1) is 18.9. The second-order valence-corrected chi connectivity index (χ2v) is 13.0. The van der Waals surface area contributed by atoms with Gasteiger partial charge in [-0.1, -0.05) is 24.3 Å². The Morgan fingerprint density at radius 3 is 2.40 bits per heavy atom. The molecule has 40 heavy (non-hydrogen) atoms. The lowest BCUT2D eigenvalue weighted by Crippen LogP contribution is -2.59. The third-order valence-corrected chi connectivity index (χ3v) is 9.16. The predicted octanol–water partition coefficient (Wildman–Crippen LogP) is 3.82. The van der Waals surface area contributed by atoms with E-state index in [0.29, 0.717) is 37.2 Å². The second-order valence-electron chi connectivity index (χ2n) is 11.0. The number of likely N-dealkylation sites (tertiary alicyclic amines) is 1. The number of hydrogen-bond acceptors (Lipinski definition) is 5. The molecule has 2 fully saturated rings. The Labute approximate surface area is 235 Å². The Balaban J connectivity index is 1.45. The number of urea groups is 1. The molecular formula is C29H37FN4O5S. The van der Waals surface area contributed by atoms with Crippen molar-refractivity contribution < 1.29 is 27.2 Å². The molecule has 1 unspecified atom stereocenters. The topological polar surface area (TPSA) is 116 Å². The largest absolute Gasteiger partial charge is 0.342 e. The number of ketones is 1. The number of nitrogens with zero attached hydrogens (tertiary/aromatic N) is 2. The molecule has 2 aliphatic heterocycles. The predicted molar refractivity (Wildman–Crippen MR) is 151 cm³/mol. The summed E-state index contributed by atoms with van der Waals surface area (Å²) >= 11 is 0. The Bertz CT molecular complexity index is 1340. The van der Waals surface area contributed by atoms with Gasteiger partial charge in [0.2, 0.25) is 15.9 Å². The Kier molecular flexibility index (Phi) is 9.25. The van der Waals surface area contributed by atoms with E-state index in [2.05, 4.69) is 10.6 Å². The second kappa shape index (κ2) is 12.5. The molecule has 0 saturated carbocycles. The number of rotatable bonds is 8. The van der Waals surface area contributed by atoms with E-state index in [1.54, 1.807) is 36.4 Å². The van der Waals surface area contributed by atoms with E-state index in [-0.39, 0.29) is 42.9 Å². The normalized spacial score (nSPS) is 19.6. The first kappa shape index (κ1) is 29.7. The van der Waals surface area contributed by atoms with Gasteiger partial charge in [0.1, 0.15) is 5.82 Å². The summed E-state index contributed by atoms with van der Waals surface area (Å²) in [6.07, 6.45) is 4.36. The third kappa shape index (κ3) is 7.88.